The minimum Gasteiger partial charge on any atom is -0.321 e. The van der Waals surface area contributed by atoms with Crippen molar-refractivity contribution in [3.63, 3.8) is 0 Å². The molecule has 3 N–H and O–H groups in total. The number of aromatic amines is 2. The molecule has 0 bridgehead atoms. The van der Waals surface area contributed by atoms with Crippen molar-refractivity contribution in [2.75, 3.05) is 5.32 Å². The number of hydrogen-bond acceptors (Lipinski definition) is 4. The predicted molar refractivity (Wildman–Crippen MR) is 92.3 cm³/mol. The average molecular weight is 332 g/mol. The second kappa shape index (κ2) is 5.72. The van der Waals surface area contributed by atoms with Gasteiger partial charge in [-0.25, -0.2) is 0 Å². The third-order valence-electron chi connectivity index (χ3n) is 3.90. The van der Waals surface area contributed by atoms with Crippen LogP contribution in [0.25, 0.3) is 11.6 Å². The SMILES string of the molecule is O=C1Nc2ccccc2/C1=c1\[nH]c(=O)/c(=C\c2ccncc2)[nH]c1=O. The van der Waals surface area contributed by atoms with Crippen molar-refractivity contribution in [3.8, 4) is 0 Å². The summed E-state index contributed by atoms with van der Waals surface area (Å²) in [7, 11) is 0. The largest absolute Gasteiger partial charge is 0.321 e. The maximum absolute atomic E-state index is 12.5. The number of H-pyrrole nitrogens is 2. The van der Waals surface area contributed by atoms with Gasteiger partial charge in [-0.05, 0) is 29.8 Å². The van der Waals surface area contributed by atoms with Crippen molar-refractivity contribution in [1.29, 1.82) is 0 Å². The van der Waals surface area contributed by atoms with Crippen LogP contribution < -0.4 is 27.1 Å². The summed E-state index contributed by atoms with van der Waals surface area (Å²) in [4.78, 5) is 46.0. The molecule has 0 saturated carbocycles. The number of carbonyl (C=O) groups excluding carboxylic acids is 1. The Morgan fingerprint density at radius 1 is 0.880 bits per heavy atom. The number of anilines is 1. The normalized spacial score (nSPS) is 15.8. The molecule has 122 valence electrons. The van der Waals surface area contributed by atoms with E-state index in [4.69, 9.17) is 0 Å². The van der Waals surface area contributed by atoms with Crippen molar-refractivity contribution in [1.82, 2.24) is 15.0 Å². The van der Waals surface area contributed by atoms with Crippen molar-refractivity contribution in [3.05, 3.63) is 91.3 Å². The molecule has 1 amide bonds. The molecule has 3 aromatic rings. The fraction of sp³-hybridized carbons (Fsp3) is 0. The fourth-order valence-electron chi connectivity index (χ4n) is 2.75. The number of aromatic nitrogens is 3. The Bertz CT molecular complexity index is 1220. The highest BCUT2D eigenvalue weighted by Gasteiger charge is 2.25. The summed E-state index contributed by atoms with van der Waals surface area (Å²) < 4.78 is 0. The second-order valence-corrected chi connectivity index (χ2v) is 5.50. The van der Waals surface area contributed by atoms with Crippen molar-refractivity contribution in [2.24, 2.45) is 0 Å². The number of para-hydroxylation sites is 1. The van der Waals surface area contributed by atoms with Crippen LogP contribution in [0.15, 0.2) is 58.4 Å². The molecule has 1 aliphatic rings. The Balaban J connectivity index is 2.00. The molecular weight excluding hydrogens is 320 g/mol. The Hall–Kier alpha value is -3.74. The van der Waals surface area contributed by atoms with E-state index < -0.39 is 17.0 Å². The molecule has 0 fully saturated rings. The number of pyridine rings is 1. The van der Waals surface area contributed by atoms with Gasteiger partial charge >= 0.3 is 0 Å². The predicted octanol–water partition coefficient (Wildman–Crippen LogP) is -0.562. The van der Waals surface area contributed by atoms with Crippen LogP contribution in [-0.4, -0.2) is 20.9 Å². The van der Waals surface area contributed by atoms with E-state index >= 15 is 0 Å². The molecule has 0 spiro atoms. The Morgan fingerprint density at radius 3 is 2.44 bits per heavy atom. The first kappa shape index (κ1) is 14.8. The van der Waals surface area contributed by atoms with Gasteiger partial charge in [0.05, 0.1) is 5.57 Å². The van der Waals surface area contributed by atoms with Gasteiger partial charge in [-0.15, -0.1) is 0 Å². The van der Waals surface area contributed by atoms with Gasteiger partial charge in [0.2, 0.25) is 0 Å². The van der Waals surface area contributed by atoms with Gasteiger partial charge < -0.3 is 15.3 Å². The van der Waals surface area contributed by atoms with Gasteiger partial charge in [0.25, 0.3) is 17.0 Å². The van der Waals surface area contributed by atoms with Crippen molar-refractivity contribution < 1.29 is 4.79 Å². The van der Waals surface area contributed by atoms with E-state index in [2.05, 4.69) is 20.3 Å². The maximum Gasteiger partial charge on any atom is 0.273 e. The highest BCUT2D eigenvalue weighted by Crippen LogP contribution is 2.28. The number of amides is 1. The lowest BCUT2D eigenvalue weighted by Gasteiger charge is -1.97. The summed E-state index contributed by atoms with van der Waals surface area (Å²) in [5.74, 6) is -0.423. The maximum atomic E-state index is 12.5. The topological polar surface area (TPSA) is 108 Å². The van der Waals surface area contributed by atoms with Crippen LogP contribution in [0.4, 0.5) is 5.69 Å². The van der Waals surface area contributed by atoms with Crippen LogP contribution >= 0.6 is 0 Å². The molecule has 0 atom stereocenters. The Morgan fingerprint density at radius 2 is 1.64 bits per heavy atom. The molecule has 4 rings (SSSR count). The molecule has 1 aliphatic heterocycles. The summed E-state index contributed by atoms with van der Waals surface area (Å²) in [5.41, 5.74) is 1.04. The van der Waals surface area contributed by atoms with E-state index in [-0.39, 0.29) is 16.3 Å². The number of hydrogen-bond donors (Lipinski definition) is 3. The molecule has 3 heterocycles. The van der Waals surface area contributed by atoms with Crippen molar-refractivity contribution in [2.45, 2.75) is 0 Å². The van der Waals surface area contributed by atoms with Gasteiger partial charge in [0, 0.05) is 23.6 Å². The first-order chi connectivity index (χ1) is 12.1. The van der Waals surface area contributed by atoms with Gasteiger partial charge in [-0.2, -0.15) is 0 Å². The molecule has 0 radical (unpaired) electrons. The van der Waals surface area contributed by atoms with Crippen LogP contribution in [0, 0.1) is 0 Å². The van der Waals surface area contributed by atoms with Crippen LogP contribution in [-0.2, 0) is 4.79 Å². The molecular formula is C18H12N4O3. The van der Waals surface area contributed by atoms with E-state index in [1.807, 2.05) is 0 Å². The summed E-state index contributed by atoms with van der Waals surface area (Å²) in [6.07, 6.45) is 4.71. The summed E-state index contributed by atoms with van der Waals surface area (Å²) >= 11 is 0. The van der Waals surface area contributed by atoms with E-state index in [1.54, 1.807) is 54.9 Å². The molecule has 0 saturated heterocycles. The lowest BCUT2D eigenvalue weighted by molar-refractivity contribution is -0.110. The number of nitrogens with zero attached hydrogens (tertiary/aromatic N) is 1. The number of fused-ring (bicyclic) bond motifs is 1. The van der Waals surface area contributed by atoms with Crippen LogP contribution in [0.3, 0.4) is 0 Å². The summed E-state index contributed by atoms with van der Waals surface area (Å²) in [5, 5.41) is 2.73. The average Bonchev–Trinajstić information content (AvgIpc) is 2.94. The number of rotatable bonds is 1. The minimum atomic E-state index is -0.540. The Labute approximate surface area is 140 Å². The smallest absolute Gasteiger partial charge is 0.273 e. The van der Waals surface area contributed by atoms with Crippen LogP contribution in [0.1, 0.15) is 11.1 Å². The standard InChI is InChI=1S/C18H12N4O3/c23-16-13(9-10-5-7-19-8-6-10)21-18(25)15(22-16)14-11-3-1-2-4-12(11)20-17(14)24/h1-9H,(H,20,24)(H,21,25)(H,22,23)/b13-9+,15-14+. The first-order valence-corrected chi connectivity index (χ1v) is 7.53. The zero-order valence-electron chi connectivity index (χ0n) is 12.9. The summed E-state index contributed by atoms with van der Waals surface area (Å²) in [6, 6.07) is 10.4. The highest BCUT2D eigenvalue weighted by molar-refractivity contribution is 6.31. The molecule has 0 aliphatic carbocycles. The minimum absolute atomic E-state index is 0.0562. The number of benzene rings is 1. The lowest BCUT2D eigenvalue weighted by atomic mass is 10.1. The molecule has 7 heteroatoms. The monoisotopic (exact) mass is 332 g/mol. The molecule has 0 unspecified atom stereocenters. The van der Waals surface area contributed by atoms with Gasteiger partial charge in [-0.1, -0.05) is 18.2 Å². The third kappa shape index (κ3) is 2.57. The quantitative estimate of drug-likeness (QED) is 0.555. The number of nitrogens with one attached hydrogen (secondary N) is 3. The Kier molecular flexibility index (Phi) is 3.39. The third-order valence-corrected chi connectivity index (χ3v) is 3.90. The van der Waals surface area contributed by atoms with E-state index in [0.717, 1.165) is 5.56 Å². The fourth-order valence-corrected chi connectivity index (χ4v) is 2.75. The molecule has 1 aromatic carbocycles. The second-order valence-electron chi connectivity index (χ2n) is 5.50. The molecule has 7 nitrogen and oxygen atoms in total. The van der Waals surface area contributed by atoms with Gasteiger partial charge in [0.15, 0.2) is 0 Å². The zero-order chi connectivity index (χ0) is 17.4. The van der Waals surface area contributed by atoms with Gasteiger partial charge in [-0.3, -0.25) is 19.4 Å². The molecule has 25 heavy (non-hydrogen) atoms. The van der Waals surface area contributed by atoms with E-state index in [1.165, 1.54) is 0 Å². The molecule has 2 aromatic heterocycles. The van der Waals surface area contributed by atoms with E-state index in [9.17, 15) is 14.4 Å². The van der Waals surface area contributed by atoms with Crippen molar-refractivity contribution >= 4 is 23.2 Å². The zero-order valence-corrected chi connectivity index (χ0v) is 12.9. The summed E-state index contributed by atoms with van der Waals surface area (Å²) in [6.45, 7) is 0. The first-order valence-electron chi connectivity index (χ1n) is 7.53. The van der Waals surface area contributed by atoms with Gasteiger partial charge in [0.1, 0.15) is 10.7 Å². The lowest BCUT2D eigenvalue weighted by Crippen LogP contribution is -2.48. The highest BCUT2D eigenvalue weighted by atomic mass is 16.2. The van der Waals surface area contributed by atoms with Crippen LogP contribution in [0.2, 0.25) is 0 Å². The van der Waals surface area contributed by atoms with Crippen LogP contribution in [0.5, 0.6) is 0 Å². The number of carbonyl (C=O) groups is 1. The van der Waals surface area contributed by atoms with E-state index in [0.29, 0.717) is 11.3 Å².